The van der Waals surface area contributed by atoms with Gasteiger partial charge in [-0.2, -0.15) is 0 Å². The van der Waals surface area contributed by atoms with Crippen molar-refractivity contribution < 1.29 is 9.59 Å². The van der Waals surface area contributed by atoms with E-state index in [1.54, 1.807) is 0 Å². The number of nitrogens with two attached hydrogens (primary N) is 4. The van der Waals surface area contributed by atoms with Gasteiger partial charge in [0.25, 0.3) is 0 Å². The van der Waals surface area contributed by atoms with Crippen LogP contribution in [0.4, 0.5) is 4.79 Å². The Hall–Kier alpha value is -1.63. The van der Waals surface area contributed by atoms with Crippen LogP contribution < -0.4 is 22.9 Å². The van der Waals surface area contributed by atoms with Crippen LogP contribution in [0.2, 0.25) is 0 Å². The molecule has 2 amide bonds. The summed E-state index contributed by atoms with van der Waals surface area (Å²) in [7, 11) is 0. The van der Waals surface area contributed by atoms with Crippen molar-refractivity contribution in [3.8, 4) is 0 Å². The molecule has 0 aromatic heterocycles. The Morgan fingerprint density at radius 1 is 1.00 bits per heavy atom. The Balaban J connectivity index is -0.0000000380. The van der Waals surface area contributed by atoms with Crippen LogP contribution in [0.15, 0.2) is 13.2 Å². The smallest absolute Gasteiger partial charge is 0.309 e. The van der Waals surface area contributed by atoms with Gasteiger partial charge < -0.3 is 27.7 Å². The minimum Gasteiger partial charge on any atom is -0.377 e. The summed E-state index contributed by atoms with van der Waals surface area (Å²) in [5.74, 6) is 0. The molecule has 0 radical (unpaired) electrons. The van der Waals surface area contributed by atoms with Crippen LogP contribution in [-0.2, 0) is 4.79 Å². The van der Waals surface area contributed by atoms with Crippen LogP contribution >= 0.6 is 12.2 Å². The quantitative estimate of drug-likeness (QED) is 0.284. The second-order valence-electron chi connectivity index (χ2n) is 0.805. The largest absolute Gasteiger partial charge is 0.377 e. The first-order valence-electron chi connectivity index (χ1n) is 2.35. The van der Waals surface area contributed by atoms with Crippen molar-refractivity contribution in [3.63, 3.8) is 0 Å². The van der Waals surface area contributed by atoms with Crippen LogP contribution in [0, 0.1) is 0 Å². The monoisotopic (exact) mass is 194 g/mol. The Morgan fingerprint density at radius 3 is 1.00 bits per heavy atom. The summed E-state index contributed by atoms with van der Waals surface area (Å²) in [5.41, 5.74) is 17.7. The lowest BCUT2D eigenvalue weighted by atomic mass is 11.2. The first-order valence-corrected chi connectivity index (χ1v) is 2.76. The van der Waals surface area contributed by atoms with Gasteiger partial charge in [0.2, 0.25) is 0 Å². The fraction of sp³-hybridized carbons (Fsp3) is 0. The predicted molar refractivity (Wildman–Crippen MR) is 53.1 cm³/mol. The maximum atomic E-state index is 9.00. The van der Waals surface area contributed by atoms with Crippen LogP contribution in [0.3, 0.4) is 0 Å². The highest BCUT2D eigenvalue weighted by Crippen LogP contribution is 1.32. The number of hydrogen-bond acceptors (Lipinski definition) is 3. The van der Waals surface area contributed by atoms with Crippen LogP contribution in [0.5, 0.6) is 0 Å². The van der Waals surface area contributed by atoms with Crippen molar-refractivity contribution in [1.29, 1.82) is 0 Å². The van der Waals surface area contributed by atoms with Crippen molar-refractivity contribution in [2.24, 2.45) is 22.9 Å². The summed E-state index contributed by atoms with van der Waals surface area (Å²) in [6.07, 6.45) is 0. The molecule has 0 saturated heterocycles. The van der Waals surface area contributed by atoms with E-state index in [0.717, 1.165) is 0 Å². The highest BCUT2D eigenvalue weighted by Gasteiger charge is 1.60. The van der Waals surface area contributed by atoms with Crippen molar-refractivity contribution in [2.75, 3.05) is 0 Å². The van der Waals surface area contributed by atoms with E-state index < -0.39 is 6.03 Å². The number of primary amides is 2. The average molecular weight is 194 g/mol. The van der Waals surface area contributed by atoms with Crippen LogP contribution in [-0.4, -0.2) is 17.9 Å². The third-order valence-corrected chi connectivity index (χ3v) is 0. The second-order valence-corrected chi connectivity index (χ2v) is 1.28. The second kappa shape index (κ2) is 34.4. The van der Waals surface area contributed by atoms with E-state index >= 15 is 0 Å². The van der Waals surface area contributed by atoms with E-state index in [-0.39, 0.29) is 5.11 Å². The molecule has 0 aliphatic heterocycles. The molecule has 6 nitrogen and oxygen atoms in total. The first-order chi connectivity index (χ1) is 5.46. The number of carbonyl (C=O) groups is 2. The molecule has 0 bridgehead atoms. The molecule has 0 atom stereocenters. The normalized spacial score (nSPS) is 4.67. The van der Waals surface area contributed by atoms with E-state index in [9.17, 15) is 0 Å². The summed E-state index contributed by atoms with van der Waals surface area (Å²) in [6.45, 7) is 8.00. The molecule has 0 aromatic rings. The molecular weight excluding hydrogens is 180 g/mol. The Bertz CT molecular complexity index is 98.0. The number of thiocarbonyl (C=S) groups is 1. The summed E-state index contributed by atoms with van der Waals surface area (Å²) in [5, 5.41) is 0.000000000000000222. The molecule has 0 heterocycles. The summed E-state index contributed by atoms with van der Waals surface area (Å²) in [6, 6.07) is -0.833. The highest BCUT2D eigenvalue weighted by atomic mass is 32.1. The molecule has 72 valence electrons. The van der Waals surface area contributed by atoms with Gasteiger partial charge in [0.05, 0.1) is 0 Å². The van der Waals surface area contributed by atoms with E-state index in [2.05, 4.69) is 48.3 Å². The topological polar surface area (TPSA) is 138 Å². The van der Waals surface area contributed by atoms with Gasteiger partial charge in [-0.05, 0) is 12.2 Å². The van der Waals surface area contributed by atoms with E-state index in [1.165, 1.54) is 0 Å². The van der Waals surface area contributed by atoms with Gasteiger partial charge >= 0.3 is 6.03 Å². The summed E-state index contributed by atoms with van der Waals surface area (Å²) < 4.78 is 0. The molecule has 0 rings (SSSR count). The van der Waals surface area contributed by atoms with Crippen molar-refractivity contribution in [1.82, 2.24) is 0 Å². The molecule has 0 aromatic carbocycles. The third kappa shape index (κ3) is 171. The predicted octanol–water partition coefficient (Wildman–Crippen LogP) is -1.17. The standard InChI is InChI=1S/C2H4.CH4N2O.CH4N2S.CH2O/c1-2;2*2-1(3)4;1-2/h1-2H2;2*(H4,2,3,4);1H2. The zero-order chi connectivity index (χ0) is 11.2. The number of amides is 2. The minimum absolute atomic E-state index is 0.000000000000000222. The molecule has 0 fully saturated rings. The Morgan fingerprint density at radius 2 is 1.00 bits per heavy atom. The number of rotatable bonds is 0. The maximum absolute atomic E-state index is 9.00. The van der Waals surface area contributed by atoms with Crippen LogP contribution in [0.1, 0.15) is 0 Å². The molecule has 7 heteroatoms. The fourth-order valence-electron chi connectivity index (χ4n) is 0. The molecule has 8 N–H and O–H groups in total. The van der Waals surface area contributed by atoms with Gasteiger partial charge in [0.1, 0.15) is 6.79 Å². The van der Waals surface area contributed by atoms with E-state index in [1.807, 2.05) is 6.79 Å². The molecule has 0 spiro atoms. The first kappa shape index (κ1) is 22.4. The van der Waals surface area contributed by atoms with Gasteiger partial charge in [-0.3, -0.25) is 0 Å². The van der Waals surface area contributed by atoms with Crippen LogP contribution in [0.25, 0.3) is 0 Å². The van der Waals surface area contributed by atoms with Crippen molar-refractivity contribution >= 4 is 30.2 Å². The highest BCUT2D eigenvalue weighted by molar-refractivity contribution is 7.80. The number of carbonyl (C=O) groups excluding carboxylic acids is 2. The summed E-state index contributed by atoms with van der Waals surface area (Å²) >= 11 is 4.09. The van der Waals surface area contributed by atoms with E-state index in [0.29, 0.717) is 0 Å². The van der Waals surface area contributed by atoms with Gasteiger partial charge in [-0.15, -0.1) is 13.2 Å². The molecular formula is C5H14N4O2S. The zero-order valence-corrected chi connectivity index (χ0v) is 7.47. The molecule has 0 saturated carbocycles. The molecule has 0 unspecified atom stereocenters. The lowest BCUT2D eigenvalue weighted by molar-refractivity contribution is -0.0979. The molecule has 0 aliphatic rings. The van der Waals surface area contributed by atoms with Gasteiger partial charge in [-0.1, -0.05) is 0 Å². The average Bonchev–Trinajstić information content (AvgIpc) is 1.93. The SMILES string of the molecule is C=C.C=O.NC(N)=O.NC(N)=S. The minimum atomic E-state index is -0.833. The third-order valence-electron chi connectivity index (χ3n) is 0. The summed E-state index contributed by atoms with van der Waals surface area (Å²) in [4.78, 5) is 17.0. The van der Waals surface area contributed by atoms with Crippen molar-refractivity contribution in [3.05, 3.63) is 13.2 Å². The zero-order valence-electron chi connectivity index (χ0n) is 6.66. The Kier molecular flexibility index (Phi) is 64.3. The van der Waals surface area contributed by atoms with Gasteiger partial charge in [0, 0.05) is 0 Å². The molecule has 12 heavy (non-hydrogen) atoms. The number of hydrogen-bond donors (Lipinski definition) is 4. The lowest BCUT2D eigenvalue weighted by Crippen LogP contribution is -2.18. The Labute approximate surface area is 76.6 Å². The van der Waals surface area contributed by atoms with Gasteiger partial charge in [0.15, 0.2) is 5.11 Å². The fourth-order valence-corrected chi connectivity index (χ4v) is 0. The number of urea groups is 1. The van der Waals surface area contributed by atoms with E-state index in [4.69, 9.17) is 9.59 Å². The maximum Gasteiger partial charge on any atom is 0.309 e. The van der Waals surface area contributed by atoms with Gasteiger partial charge in [-0.25, -0.2) is 4.79 Å². The molecule has 0 aliphatic carbocycles. The van der Waals surface area contributed by atoms with Crippen molar-refractivity contribution in [2.45, 2.75) is 0 Å². The lowest BCUT2D eigenvalue weighted by Gasteiger charge is -1.68.